The predicted molar refractivity (Wildman–Crippen MR) is 87.4 cm³/mol. The van der Waals surface area contributed by atoms with Gasteiger partial charge in [0.15, 0.2) is 0 Å². The first-order valence-electron chi connectivity index (χ1n) is 5.96. The molecule has 0 aliphatic carbocycles. The van der Waals surface area contributed by atoms with Gasteiger partial charge in [0.05, 0.1) is 9.47 Å². The standard InChI is InChI=1S/C13H8BrFN2O3S2/c14-11-1-2-12(21-11)22(19,20)17-10-6-8-7(5-9(10)15)3-4-16-13(8)18/h1-6,17H,(H,16,18). The molecule has 0 fully saturated rings. The summed E-state index contributed by atoms with van der Waals surface area (Å²) in [6.07, 6.45) is 1.40. The topological polar surface area (TPSA) is 79.0 Å². The van der Waals surface area contributed by atoms with Gasteiger partial charge in [-0.1, -0.05) is 0 Å². The minimum Gasteiger partial charge on any atom is -0.329 e. The van der Waals surface area contributed by atoms with E-state index in [-0.39, 0.29) is 15.3 Å². The van der Waals surface area contributed by atoms with Crippen molar-refractivity contribution in [3.8, 4) is 0 Å². The Morgan fingerprint density at radius 1 is 1.23 bits per heavy atom. The number of pyridine rings is 1. The van der Waals surface area contributed by atoms with Gasteiger partial charge >= 0.3 is 0 Å². The number of aromatic nitrogens is 1. The van der Waals surface area contributed by atoms with E-state index < -0.39 is 21.4 Å². The molecule has 3 aromatic rings. The maximum Gasteiger partial charge on any atom is 0.271 e. The SMILES string of the molecule is O=c1[nH]ccc2cc(F)c(NS(=O)(=O)c3ccc(Br)s3)cc12. The molecule has 2 heterocycles. The van der Waals surface area contributed by atoms with Crippen molar-refractivity contribution in [2.24, 2.45) is 0 Å². The van der Waals surface area contributed by atoms with E-state index >= 15 is 0 Å². The first-order chi connectivity index (χ1) is 10.4. The zero-order chi connectivity index (χ0) is 15.9. The molecule has 114 valence electrons. The van der Waals surface area contributed by atoms with Gasteiger partial charge in [0.2, 0.25) is 0 Å². The number of hydrogen-bond donors (Lipinski definition) is 2. The van der Waals surface area contributed by atoms with Gasteiger partial charge in [-0.3, -0.25) is 9.52 Å². The predicted octanol–water partition coefficient (Wildman–Crippen LogP) is 3.29. The van der Waals surface area contributed by atoms with Crippen LogP contribution in [-0.4, -0.2) is 13.4 Å². The van der Waals surface area contributed by atoms with E-state index in [2.05, 4.69) is 25.6 Å². The molecule has 0 unspecified atom stereocenters. The summed E-state index contributed by atoms with van der Waals surface area (Å²) in [5.41, 5.74) is -0.689. The van der Waals surface area contributed by atoms with Crippen molar-refractivity contribution in [2.45, 2.75) is 4.21 Å². The lowest BCUT2D eigenvalue weighted by molar-refractivity contribution is 0.600. The zero-order valence-electron chi connectivity index (χ0n) is 10.8. The fourth-order valence-corrected chi connectivity index (χ4v) is 4.99. The first-order valence-corrected chi connectivity index (χ1v) is 9.05. The van der Waals surface area contributed by atoms with Crippen LogP contribution in [0.25, 0.3) is 10.8 Å². The highest BCUT2D eigenvalue weighted by molar-refractivity contribution is 9.11. The summed E-state index contributed by atoms with van der Waals surface area (Å²) in [7, 11) is -3.91. The van der Waals surface area contributed by atoms with E-state index in [1.54, 1.807) is 6.07 Å². The number of rotatable bonds is 3. The van der Waals surface area contributed by atoms with E-state index in [1.807, 2.05) is 0 Å². The number of hydrogen-bond acceptors (Lipinski definition) is 4. The van der Waals surface area contributed by atoms with Crippen LogP contribution < -0.4 is 10.3 Å². The molecule has 0 aliphatic heterocycles. The number of fused-ring (bicyclic) bond motifs is 1. The largest absolute Gasteiger partial charge is 0.329 e. The minimum atomic E-state index is -3.91. The lowest BCUT2D eigenvalue weighted by atomic mass is 10.1. The van der Waals surface area contributed by atoms with Crippen LogP contribution in [0.5, 0.6) is 0 Å². The highest BCUT2D eigenvalue weighted by atomic mass is 79.9. The third-order valence-corrected chi connectivity index (χ3v) is 6.40. The lowest BCUT2D eigenvalue weighted by Crippen LogP contribution is -2.13. The van der Waals surface area contributed by atoms with Gasteiger partial charge in [0, 0.05) is 11.6 Å². The van der Waals surface area contributed by atoms with Crippen molar-refractivity contribution in [1.29, 1.82) is 0 Å². The van der Waals surface area contributed by atoms with Gasteiger partial charge in [-0.25, -0.2) is 12.8 Å². The second-order valence-corrected chi connectivity index (χ2v) is 8.76. The van der Waals surface area contributed by atoms with Crippen LogP contribution in [0.15, 0.2) is 49.3 Å². The van der Waals surface area contributed by atoms with Crippen LogP contribution >= 0.6 is 27.3 Å². The van der Waals surface area contributed by atoms with Gasteiger partial charge < -0.3 is 4.98 Å². The van der Waals surface area contributed by atoms with Crippen LogP contribution in [0, 0.1) is 5.82 Å². The second-order valence-electron chi connectivity index (χ2n) is 4.39. The summed E-state index contributed by atoms with van der Waals surface area (Å²) in [5.74, 6) is -0.753. The van der Waals surface area contributed by atoms with Crippen LogP contribution in [0.3, 0.4) is 0 Å². The maximum atomic E-state index is 14.1. The van der Waals surface area contributed by atoms with Gasteiger partial charge in [0.25, 0.3) is 15.6 Å². The monoisotopic (exact) mass is 402 g/mol. The maximum absolute atomic E-state index is 14.1. The molecule has 9 heteroatoms. The van der Waals surface area contributed by atoms with Crippen LogP contribution in [0.4, 0.5) is 10.1 Å². The minimum absolute atomic E-state index is 0.0424. The number of benzene rings is 1. The molecular weight excluding hydrogens is 395 g/mol. The summed E-state index contributed by atoms with van der Waals surface area (Å²) in [6.45, 7) is 0. The molecular formula is C13H8BrFN2O3S2. The van der Waals surface area contributed by atoms with Crippen LogP contribution in [0.2, 0.25) is 0 Å². The Labute approximate surface area is 137 Å². The normalized spacial score (nSPS) is 11.7. The summed E-state index contributed by atoms with van der Waals surface area (Å²) in [4.78, 5) is 14.2. The highest BCUT2D eigenvalue weighted by Crippen LogP contribution is 2.29. The van der Waals surface area contributed by atoms with Crippen molar-refractivity contribution in [2.75, 3.05) is 4.72 Å². The quantitative estimate of drug-likeness (QED) is 0.705. The summed E-state index contributed by atoms with van der Waals surface area (Å²) in [6, 6.07) is 6.83. The van der Waals surface area contributed by atoms with E-state index in [4.69, 9.17) is 0 Å². The van der Waals surface area contributed by atoms with E-state index in [9.17, 15) is 17.6 Å². The number of nitrogens with one attached hydrogen (secondary N) is 2. The molecule has 0 radical (unpaired) electrons. The van der Waals surface area contributed by atoms with E-state index in [0.717, 1.165) is 17.4 Å². The fourth-order valence-electron chi connectivity index (χ4n) is 1.92. The molecule has 5 nitrogen and oxygen atoms in total. The second kappa shape index (κ2) is 5.49. The Morgan fingerprint density at radius 3 is 2.68 bits per heavy atom. The summed E-state index contributed by atoms with van der Waals surface area (Å²) < 4.78 is 41.3. The van der Waals surface area contributed by atoms with Crippen LogP contribution in [-0.2, 0) is 10.0 Å². The molecule has 0 spiro atoms. The van der Waals surface area contributed by atoms with Gasteiger partial charge in [-0.15, -0.1) is 11.3 Å². The first kappa shape index (κ1) is 15.2. The number of aromatic amines is 1. The molecule has 2 aromatic heterocycles. The van der Waals surface area contributed by atoms with Crippen LogP contribution in [0.1, 0.15) is 0 Å². The van der Waals surface area contributed by atoms with E-state index in [0.29, 0.717) is 9.17 Å². The molecule has 1 aromatic carbocycles. The Bertz CT molecular complexity index is 1030. The third kappa shape index (κ3) is 2.79. The molecule has 0 saturated carbocycles. The molecule has 0 saturated heterocycles. The molecule has 22 heavy (non-hydrogen) atoms. The van der Waals surface area contributed by atoms with Crippen molar-refractivity contribution >= 4 is 53.7 Å². The molecule has 0 amide bonds. The van der Waals surface area contributed by atoms with Crippen molar-refractivity contribution < 1.29 is 12.8 Å². The van der Waals surface area contributed by atoms with Gasteiger partial charge in [-0.2, -0.15) is 0 Å². The molecule has 0 atom stereocenters. The number of thiophene rings is 1. The summed E-state index contributed by atoms with van der Waals surface area (Å²) in [5, 5.41) is 0.594. The van der Waals surface area contributed by atoms with Crippen molar-refractivity contribution in [3.05, 3.63) is 56.5 Å². The number of H-pyrrole nitrogens is 1. The van der Waals surface area contributed by atoms with Crippen molar-refractivity contribution in [1.82, 2.24) is 4.98 Å². The van der Waals surface area contributed by atoms with Crippen molar-refractivity contribution in [3.63, 3.8) is 0 Å². The number of halogens is 2. The fraction of sp³-hybridized carbons (Fsp3) is 0. The lowest BCUT2D eigenvalue weighted by Gasteiger charge is -2.08. The van der Waals surface area contributed by atoms with Gasteiger partial charge in [0.1, 0.15) is 10.0 Å². The molecule has 0 bridgehead atoms. The number of sulfonamides is 1. The Morgan fingerprint density at radius 2 is 2.00 bits per heavy atom. The Hall–Kier alpha value is -1.71. The molecule has 2 N–H and O–H groups in total. The molecule has 3 rings (SSSR count). The smallest absolute Gasteiger partial charge is 0.271 e. The number of anilines is 1. The molecule has 0 aliphatic rings. The highest BCUT2D eigenvalue weighted by Gasteiger charge is 2.19. The average Bonchev–Trinajstić information content (AvgIpc) is 2.88. The Balaban J connectivity index is 2.09. The van der Waals surface area contributed by atoms with E-state index in [1.165, 1.54) is 24.4 Å². The zero-order valence-corrected chi connectivity index (χ0v) is 14.0. The third-order valence-electron chi connectivity index (χ3n) is 2.92. The average molecular weight is 403 g/mol. The summed E-state index contributed by atoms with van der Waals surface area (Å²) >= 11 is 4.18. The Kier molecular flexibility index (Phi) is 3.79. The van der Waals surface area contributed by atoms with Gasteiger partial charge in [-0.05, 0) is 51.6 Å².